The molecule has 0 saturated heterocycles. The van der Waals surface area contributed by atoms with Crippen molar-refractivity contribution >= 4 is 21.6 Å². The number of hydrogen-bond acceptors (Lipinski definition) is 4. The highest BCUT2D eigenvalue weighted by Crippen LogP contribution is 2.19. The minimum absolute atomic E-state index is 0.0468. The van der Waals surface area contributed by atoms with Gasteiger partial charge in [0.1, 0.15) is 11.0 Å². The molecular weight excluding hydrogens is 329 g/mol. The van der Waals surface area contributed by atoms with Crippen LogP contribution in [0.15, 0.2) is 15.5 Å². The normalized spacial score (nSPS) is 11.9. The van der Waals surface area contributed by atoms with Crippen molar-refractivity contribution in [1.29, 1.82) is 0 Å². The molecule has 0 bridgehead atoms. The first kappa shape index (κ1) is 16.0. The second kappa shape index (κ2) is 6.38. The molecule has 0 fully saturated rings. The summed E-state index contributed by atoms with van der Waals surface area (Å²) in [6.07, 6.45) is -3.27. The zero-order valence-electron chi connectivity index (χ0n) is 10.5. The highest BCUT2D eigenvalue weighted by atomic mass is 79.9. The van der Waals surface area contributed by atoms with Gasteiger partial charge in [0, 0.05) is 13.1 Å². The van der Waals surface area contributed by atoms with Crippen LogP contribution in [-0.4, -0.2) is 48.0 Å². The van der Waals surface area contributed by atoms with Gasteiger partial charge in [-0.1, -0.05) is 0 Å². The summed E-state index contributed by atoms with van der Waals surface area (Å²) in [5.41, 5.74) is -0.433. The van der Waals surface area contributed by atoms with Gasteiger partial charge in [0.25, 0.3) is 5.56 Å². The van der Waals surface area contributed by atoms with Gasteiger partial charge >= 0.3 is 6.18 Å². The summed E-state index contributed by atoms with van der Waals surface area (Å²) >= 11 is 2.99. The number of nitrogens with zero attached hydrogens (tertiary/aromatic N) is 3. The van der Waals surface area contributed by atoms with Crippen molar-refractivity contribution in [3.05, 3.63) is 21.0 Å². The van der Waals surface area contributed by atoms with Gasteiger partial charge in [0.15, 0.2) is 0 Å². The topological polar surface area (TPSA) is 50.2 Å². The van der Waals surface area contributed by atoms with E-state index < -0.39 is 18.3 Å². The molecule has 9 heteroatoms. The maximum absolute atomic E-state index is 12.2. The maximum atomic E-state index is 12.2. The number of likely N-dealkylation sites (N-methyl/N-ethyl adjacent to an activating group) is 1. The Morgan fingerprint density at radius 3 is 2.63 bits per heavy atom. The van der Waals surface area contributed by atoms with Crippen LogP contribution in [0.1, 0.15) is 0 Å². The smallest absolute Gasteiger partial charge is 0.381 e. The van der Waals surface area contributed by atoms with Crippen LogP contribution in [0.25, 0.3) is 0 Å². The first-order valence-corrected chi connectivity index (χ1v) is 6.21. The standard InChI is InChI=1S/C10H14BrF3N4O/c1-17(2)4-3-15-7-5-16-18(6-10(12,13)14)9(19)8(7)11/h5,15H,3-4,6H2,1-2H3. The van der Waals surface area contributed by atoms with Gasteiger partial charge in [-0.25, -0.2) is 4.68 Å². The molecule has 108 valence electrons. The Morgan fingerprint density at radius 2 is 2.11 bits per heavy atom. The van der Waals surface area contributed by atoms with Gasteiger partial charge in [-0.15, -0.1) is 0 Å². The number of alkyl halides is 3. The molecule has 0 saturated carbocycles. The first-order valence-electron chi connectivity index (χ1n) is 5.41. The molecule has 1 rings (SSSR count). The molecule has 1 aromatic heterocycles. The summed E-state index contributed by atoms with van der Waals surface area (Å²) in [6, 6.07) is 0. The quantitative estimate of drug-likeness (QED) is 0.881. The van der Waals surface area contributed by atoms with Gasteiger partial charge in [-0.05, 0) is 30.0 Å². The highest BCUT2D eigenvalue weighted by molar-refractivity contribution is 9.10. The Hall–Kier alpha value is -1.09. The van der Waals surface area contributed by atoms with E-state index in [0.717, 1.165) is 6.54 Å². The van der Waals surface area contributed by atoms with Crippen LogP contribution >= 0.6 is 15.9 Å². The number of hydrogen-bond donors (Lipinski definition) is 1. The second-order valence-electron chi connectivity index (χ2n) is 4.18. The first-order chi connectivity index (χ1) is 8.70. The molecule has 0 unspecified atom stereocenters. The van der Waals surface area contributed by atoms with E-state index in [2.05, 4.69) is 26.3 Å². The lowest BCUT2D eigenvalue weighted by atomic mass is 10.4. The predicted molar refractivity (Wildman–Crippen MR) is 69.3 cm³/mol. The third kappa shape index (κ3) is 5.19. The maximum Gasteiger partial charge on any atom is 0.408 e. The van der Waals surface area contributed by atoms with Crippen LogP contribution in [-0.2, 0) is 6.54 Å². The summed E-state index contributed by atoms with van der Waals surface area (Å²) in [5.74, 6) is 0. The molecule has 0 aliphatic carbocycles. The van der Waals surface area contributed by atoms with E-state index in [1.165, 1.54) is 6.20 Å². The third-order valence-electron chi connectivity index (χ3n) is 2.19. The molecule has 1 N–H and O–H groups in total. The molecule has 0 radical (unpaired) electrons. The van der Waals surface area contributed by atoms with E-state index in [9.17, 15) is 18.0 Å². The molecule has 1 heterocycles. The lowest BCUT2D eigenvalue weighted by Gasteiger charge is -2.13. The van der Waals surface area contributed by atoms with Crippen molar-refractivity contribution in [3.63, 3.8) is 0 Å². The molecule has 5 nitrogen and oxygen atoms in total. The molecule has 19 heavy (non-hydrogen) atoms. The molecule has 0 aliphatic rings. The highest BCUT2D eigenvalue weighted by Gasteiger charge is 2.29. The summed E-state index contributed by atoms with van der Waals surface area (Å²) in [6.45, 7) is -0.128. The van der Waals surface area contributed by atoms with Crippen LogP contribution in [0, 0.1) is 0 Å². The lowest BCUT2D eigenvalue weighted by molar-refractivity contribution is -0.143. The number of aromatic nitrogens is 2. The Balaban J connectivity index is 2.83. The average molecular weight is 343 g/mol. The van der Waals surface area contributed by atoms with Gasteiger partial charge in [-0.3, -0.25) is 4.79 Å². The Labute approximate surface area is 116 Å². The van der Waals surface area contributed by atoms with Gasteiger partial charge in [0.05, 0.1) is 11.9 Å². The molecule has 0 aromatic carbocycles. The largest absolute Gasteiger partial charge is 0.408 e. The van der Waals surface area contributed by atoms with E-state index >= 15 is 0 Å². The zero-order valence-corrected chi connectivity index (χ0v) is 12.0. The van der Waals surface area contributed by atoms with Crippen molar-refractivity contribution in [2.75, 3.05) is 32.5 Å². The van der Waals surface area contributed by atoms with Crippen LogP contribution < -0.4 is 10.9 Å². The monoisotopic (exact) mass is 342 g/mol. The lowest BCUT2D eigenvalue weighted by Crippen LogP contribution is -2.31. The Bertz CT molecular complexity index is 487. The van der Waals surface area contributed by atoms with E-state index in [1.807, 2.05) is 19.0 Å². The fraction of sp³-hybridized carbons (Fsp3) is 0.600. The van der Waals surface area contributed by atoms with E-state index in [4.69, 9.17) is 0 Å². The van der Waals surface area contributed by atoms with Crippen molar-refractivity contribution in [2.24, 2.45) is 0 Å². The summed E-state index contributed by atoms with van der Waals surface area (Å²) in [7, 11) is 3.77. The van der Waals surface area contributed by atoms with Crippen LogP contribution in [0.2, 0.25) is 0 Å². The fourth-order valence-corrected chi connectivity index (χ4v) is 1.73. The zero-order chi connectivity index (χ0) is 14.6. The summed E-state index contributed by atoms with van der Waals surface area (Å²) in [5, 5.41) is 6.43. The van der Waals surface area contributed by atoms with Crippen molar-refractivity contribution < 1.29 is 13.2 Å². The number of nitrogens with one attached hydrogen (secondary N) is 1. The molecule has 0 amide bonds. The number of halogens is 4. The van der Waals surface area contributed by atoms with Crippen LogP contribution in [0.4, 0.5) is 18.9 Å². The fourth-order valence-electron chi connectivity index (χ4n) is 1.28. The predicted octanol–water partition coefficient (Wildman–Crippen LogP) is 1.54. The van der Waals surface area contributed by atoms with Crippen LogP contribution in [0.3, 0.4) is 0 Å². The van der Waals surface area contributed by atoms with Crippen molar-refractivity contribution in [1.82, 2.24) is 14.7 Å². The van der Waals surface area contributed by atoms with Gasteiger partial charge in [0.2, 0.25) is 0 Å². The molecule has 1 aromatic rings. The second-order valence-corrected chi connectivity index (χ2v) is 4.97. The average Bonchev–Trinajstić information content (AvgIpc) is 2.26. The molecular formula is C10H14BrF3N4O. The van der Waals surface area contributed by atoms with E-state index in [1.54, 1.807) is 0 Å². The summed E-state index contributed by atoms with van der Waals surface area (Å²) in [4.78, 5) is 13.6. The van der Waals surface area contributed by atoms with Gasteiger partial charge < -0.3 is 10.2 Å². The Morgan fingerprint density at radius 1 is 1.47 bits per heavy atom. The number of rotatable bonds is 5. The van der Waals surface area contributed by atoms with E-state index in [0.29, 0.717) is 16.9 Å². The Kier molecular flexibility index (Phi) is 5.36. The third-order valence-corrected chi connectivity index (χ3v) is 2.95. The van der Waals surface area contributed by atoms with Gasteiger partial charge in [-0.2, -0.15) is 18.3 Å². The van der Waals surface area contributed by atoms with Crippen LogP contribution in [0.5, 0.6) is 0 Å². The molecule has 0 spiro atoms. The minimum atomic E-state index is -4.48. The molecule has 0 aliphatic heterocycles. The molecule has 0 atom stereocenters. The minimum Gasteiger partial charge on any atom is -0.381 e. The van der Waals surface area contributed by atoms with E-state index in [-0.39, 0.29) is 4.47 Å². The van der Waals surface area contributed by atoms with Crippen molar-refractivity contribution in [2.45, 2.75) is 12.7 Å². The SMILES string of the molecule is CN(C)CCNc1cnn(CC(F)(F)F)c(=O)c1Br. The summed E-state index contributed by atoms with van der Waals surface area (Å²) < 4.78 is 37.0. The van der Waals surface area contributed by atoms with Crippen molar-refractivity contribution in [3.8, 4) is 0 Å². The number of anilines is 1.